The van der Waals surface area contributed by atoms with Gasteiger partial charge in [0.05, 0.1) is 18.3 Å². The summed E-state index contributed by atoms with van der Waals surface area (Å²) in [5.74, 6) is -1.19. The molecule has 0 aliphatic carbocycles. The van der Waals surface area contributed by atoms with Crippen LogP contribution in [0.4, 0.5) is 0 Å². The van der Waals surface area contributed by atoms with Crippen molar-refractivity contribution in [2.45, 2.75) is 57.0 Å². The lowest BCUT2D eigenvalue weighted by atomic mass is 9.99. The van der Waals surface area contributed by atoms with Crippen LogP contribution in [0.1, 0.15) is 42.1 Å². The van der Waals surface area contributed by atoms with Gasteiger partial charge in [-0.1, -0.05) is 12.2 Å². The van der Waals surface area contributed by atoms with Crippen molar-refractivity contribution in [2.24, 2.45) is 0 Å². The van der Waals surface area contributed by atoms with Gasteiger partial charge in [0.2, 0.25) is 0 Å². The fraction of sp³-hybridized carbons (Fsp3) is 0.500. The van der Waals surface area contributed by atoms with Crippen molar-refractivity contribution >= 4 is 5.97 Å². The molecular weight excluding hydrogens is 312 g/mol. The highest BCUT2D eigenvalue weighted by molar-refractivity contribution is 5.94. The van der Waals surface area contributed by atoms with Crippen LogP contribution in [0.15, 0.2) is 24.3 Å². The second kappa shape index (κ2) is 6.83. The summed E-state index contributed by atoms with van der Waals surface area (Å²) in [5.41, 5.74) is 0.330. The molecule has 2 aliphatic rings. The predicted molar refractivity (Wildman–Crippen MR) is 86.0 cm³/mol. The zero-order valence-electron chi connectivity index (χ0n) is 13.5. The number of aliphatic hydroxyl groups excluding tert-OH is 1. The lowest BCUT2D eigenvalue weighted by Crippen LogP contribution is -2.20. The molecule has 0 aromatic heterocycles. The van der Waals surface area contributed by atoms with Crippen molar-refractivity contribution in [1.82, 2.24) is 0 Å². The van der Waals surface area contributed by atoms with Crippen LogP contribution in [0.5, 0.6) is 11.5 Å². The van der Waals surface area contributed by atoms with E-state index < -0.39 is 12.1 Å². The molecule has 1 saturated heterocycles. The lowest BCUT2D eigenvalue weighted by Gasteiger charge is -2.17. The number of hydrogen-bond acceptors (Lipinski definition) is 6. The number of ether oxygens (including phenoxy) is 2. The van der Waals surface area contributed by atoms with Crippen molar-refractivity contribution in [3.63, 3.8) is 0 Å². The van der Waals surface area contributed by atoms with Crippen molar-refractivity contribution in [3.05, 3.63) is 35.4 Å². The van der Waals surface area contributed by atoms with Crippen LogP contribution in [0, 0.1) is 0 Å². The number of phenolic OH excluding ortho intramolecular Hbond substituents is 2. The van der Waals surface area contributed by atoms with E-state index >= 15 is 0 Å². The van der Waals surface area contributed by atoms with Crippen LogP contribution in [0.25, 0.3) is 0 Å². The number of epoxide rings is 1. The minimum absolute atomic E-state index is 0.0163. The number of aromatic hydroxyl groups is 2. The first-order valence-electron chi connectivity index (χ1n) is 8.20. The number of cyclic esters (lactones) is 1. The molecule has 0 saturated carbocycles. The van der Waals surface area contributed by atoms with E-state index in [0.717, 1.165) is 18.9 Å². The molecule has 0 spiro atoms. The number of fused-ring (bicyclic) bond motifs is 2. The molecule has 0 amide bonds. The van der Waals surface area contributed by atoms with E-state index in [9.17, 15) is 20.1 Å². The van der Waals surface area contributed by atoms with Gasteiger partial charge in [0.25, 0.3) is 0 Å². The number of carbonyl (C=O) groups is 1. The lowest BCUT2D eigenvalue weighted by molar-refractivity contribution is 0.0305. The summed E-state index contributed by atoms with van der Waals surface area (Å²) in [7, 11) is 0. The highest BCUT2D eigenvalue weighted by Gasteiger charge is 2.39. The van der Waals surface area contributed by atoms with Crippen molar-refractivity contribution < 1.29 is 29.6 Å². The second-order valence-corrected chi connectivity index (χ2v) is 6.44. The monoisotopic (exact) mass is 334 g/mol. The normalized spacial score (nSPS) is 32.0. The minimum atomic E-state index is -0.825. The fourth-order valence-electron chi connectivity index (χ4n) is 3.13. The van der Waals surface area contributed by atoms with Gasteiger partial charge in [0, 0.05) is 18.9 Å². The van der Waals surface area contributed by atoms with E-state index in [1.165, 1.54) is 6.07 Å². The molecule has 3 rings (SSSR count). The van der Waals surface area contributed by atoms with E-state index in [0.29, 0.717) is 12.0 Å². The van der Waals surface area contributed by atoms with E-state index in [4.69, 9.17) is 9.47 Å². The molecular formula is C18H22O6. The molecule has 1 fully saturated rings. The first kappa shape index (κ1) is 16.8. The van der Waals surface area contributed by atoms with Gasteiger partial charge in [-0.2, -0.15) is 0 Å². The number of esters is 1. The third-order valence-corrected chi connectivity index (χ3v) is 4.35. The van der Waals surface area contributed by atoms with E-state index in [-0.39, 0.29) is 41.8 Å². The van der Waals surface area contributed by atoms with Crippen LogP contribution in [-0.2, 0) is 15.9 Å². The number of carbonyl (C=O) groups excluding carboxylic acids is 1. The molecule has 1 aromatic carbocycles. The summed E-state index contributed by atoms with van der Waals surface area (Å²) in [6, 6.07) is 2.46. The first-order valence-corrected chi connectivity index (χ1v) is 8.20. The van der Waals surface area contributed by atoms with Gasteiger partial charge in [0.15, 0.2) is 0 Å². The number of phenols is 2. The molecule has 1 aromatic rings. The van der Waals surface area contributed by atoms with Crippen molar-refractivity contribution in [3.8, 4) is 11.5 Å². The van der Waals surface area contributed by atoms with E-state index in [2.05, 4.69) is 0 Å². The molecule has 130 valence electrons. The molecule has 0 radical (unpaired) electrons. The second-order valence-electron chi connectivity index (χ2n) is 6.44. The number of hydrogen-bond donors (Lipinski definition) is 3. The summed E-state index contributed by atoms with van der Waals surface area (Å²) >= 11 is 0. The Labute approximate surface area is 140 Å². The summed E-state index contributed by atoms with van der Waals surface area (Å²) in [6.07, 6.45) is 5.00. The molecule has 6 nitrogen and oxygen atoms in total. The predicted octanol–water partition coefficient (Wildman–Crippen LogP) is 2.05. The maximum absolute atomic E-state index is 12.4. The average molecular weight is 334 g/mol. The van der Waals surface area contributed by atoms with Gasteiger partial charge in [-0.25, -0.2) is 4.79 Å². The Morgan fingerprint density at radius 2 is 2.00 bits per heavy atom. The number of benzene rings is 1. The Morgan fingerprint density at radius 3 is 2.79 bits per heavy atom. The number of rotatable bonds is 0. The maximum atomic E-state index is 12.4. The Kier molecular flexibility index (Phi) is 4.78. The molecule has 0 unspecified atom stereocenters. The Hall–Kier alpha value is -2.05. The summed E-state index contributed by atoms with van der Waals surface area (Å²) in [6.45, 7) is 1.79. The quantitative estimate of drug-likeness (QED) is 0.381. The van der Waals surface area contributed by atoms with Gasteiger partial charge in [-0.05, 0) is 31.4 Å². The van der Waals surface area contributed by atoms with Crippen LogP contribution < -0.4 is 0 Å². The third-order valence-electron chi connectivity index (χ3n) is 4.35. The van der Waals surface area contributed by atoms with Crippen LogP contribution in [0.2, 0.25) is 0 Å². The van der Waals surface area contributed by atoms with Crippen molar-refractivity contribution in [2.75, 3.05) is 0 Å². The highest BCUT2D eigenvalue weighted by Crippen LogP contribution is 2.33. The van der Waals surface area contributed by atoms with Crippen LogP contribution in [0.3, 0.4) is 0 Å². The van der Waals surface area contributed by atoms with Gasteiger partial charge >= 0.3 is 5.97 Å². The zero-order valence-corrected chi connectivity index (χ0v) is 13.5. The molecule has 6 heteroatoms. The SMILES string of the molecule is C[C@@H]1C[C@@H]2O[C@H]2CC/C=C/[C@H](O)Cc2cc(O)cc(O)c2C(=O)O1. The molecule has 2 aliphatic heterocycles. The Balaban J connectivity index is 1.90. The Morgan fingerprint density at radius 1 is 1.21 bits per heavy atom. The van der Waals surface area contributed by atoms with Gasteiger partial charge in [-0.3, -0.25) is 0 Å². The van der Waals surface area contributed by atoms with Gasteiger partial charge in [-0.15, -0.1) is 0 Å². The summed E-state index contributed by atoms with van der Waals surface area (Å²) in [5, 5.41) is 29.9. The first-order chi connectivity index (χ1) is 11.4. The van der Waals surface area contributed by atoms with E-state index in [1.807, 2.05) is 6.08 Å². The molecule has 24 heavy (non-hydrogen) atoms. The molecule has 4 atom stereocenters. The summed E-state index contributed by atoms with van der Waals surface area (Å²) in [4.78, 5) is 12.4. The highest BCUT2D eigenvalue weighted by atomic mass is 16.6. The van der Waals surface area contributed by atoms with Crippen LogP contribution >= 0.6 is 0 Å². The van der Waals surface area contributed by atoms with Crippen LogP contribution in [-0.4, -0.2) is 45.7 Å². The topological polar surface area (TPSA) is 99.5 Å². The van der Waals surface area contributed by atoms with E-state index in [1.54, 1.807) is 13.0 Å². The van der Waals surface area contributed by atoms with Gasteiger partial charge in [0.1, 0.15) is 23.2 Å². The Bertz CT molecular complexity index is 653. The number of allylic oxidation sites excluding steroid dienone is 1. The standard InChI is InChI=1S/C18H22O6/c1-10-6-16-15(24-16)5-3-2-4-12(19)7-11-8-13(20)9-14(21)17(11)18(22)23-10/h2,4,8-10,12,15-16,19-21H,3,5-7H2,1H3/b4-2+/t10-,12+,15+,16+/m1/s1. The molecule has 2 heterocycles. The summed E-state index contributed by atoms with van der Waals surface area (Å²) < 4.78 is 11.0. The molecule has 0 bridgehead atoms. The van der Waals surface area contributed by atoms with Gasteiger partial charge < -0.3 is 24.8 Å². The number of aliphatic hydroxyl groups is 1. The maximum Gasteiger partial charge on any atom is 0.342 e. The minimum Gasteiger partial charge on any atom is -0.508 e. The largest absolute Gasteiger partial charge is 0.508 e. The third kappa shape index (κ3) is 3.88. The van der Waals surface area contributed by atoms with Crippen molar-refractivity contribution in [1.29, 1.82) is 0 Å². The average Bonchev–Trinajstić information content (AvgIpc) is 3.19. The zero-order chi connectivity index (χ0) is 17.3. The smallest absolute Gasteiger partial charge is 0.342 e. The molecule has 3 N–H and O–H groups in total. The fourth-order valence-corrected chi connectivity index (χ4v) is 3.13.